The normalized spacial score (nSPS) is 10.8. The van der Waals surface area contributed by atoms with Gasteiger partial charge in [0, 0.05) is 18.7 Å². The van der Waals surface area contributed by atoms with Crippen LogP contribution >= 0.6 is 0 Å². The fourth-order valence-corrected chi connectivity index (χ4v) is 3.75. The second kappa shape index (κ2) is 21.9. The van der Waals surface area contributed by atoms with Crippen LogP contribution in [0.15, 0.2) is 42.7 Å². The summed E-state index contributed by atoms with van der Waals surface area (Å²) in [6.45, 7) is 8.83. The first-order valence-electron chi connectivity index (χ1n) is 13.3. The van der Waals surface area contributed by atoms with Gasteiger partial charge in [-0.3, -0.25) is 0 Å². The van der Waals surface area contributed by atoms with Crippen LogP contribution in [0.3, 0.4) is 0 Å². The third-order valence-corrected chi connectivity index (χ3v) is 5.77. The van der Waals surface area contributed by atoms with Crippen molar-refractivity contribution in [2.24, 2.45) is 0 Å². The van der Waals surface area contributed by atoms with Crippen molar-refractivity contribution in [3.63, 3.8) is 0 Å². The molecule has 5 nitrogen and oxygen atoms in total. The number of carbonyl (C=O) groups excluding carboxylic acids is 1. The van der Waals surface area contributed by atoms with Crippen molar-refractivity contribution in [3.8, 4) is 0 Å². The number of nitrogens with zero attached hydrogens (tertiary/aromatic N) is 1. The minimum Gasteiger partial charge on any atom is -0.445 e. The molecule has 1 aromatic rings. The van der Waals surface area contributed by atoms with Crippen LogP contribution < -0.4 is 9.88 Å². The number of hydrogen-bond acceptors (Lipinski definition) is 3. The van der Waals surface area contributed by atoms with Gasteiger partial charge in [0.25, 0.3) is 0 Å². The lowest BCUT2D eigenvalue weighted by Crippen LogP contribution is -2.40. The van der Waals surface area contributed by atoms with E-state index in [9.17, 15) is 4.79 Å². The fraction of sp³-hybridized carbons (Fsp3) is 0.714. The molecule has 0 aliphatic heterocycles. The van der Waals surface area contributed by atoms with Crippen LogP contribution in [0.4, 0.5) is 4.79 Å². The molecular formula is C28H49N2O3+. The van der Waals surface area contributed by atoms with Crippen LogP contribution in [0.5, 0.6) is 0 Å². The molecule has 1 aromatic heterocycles. The summed E-state index contributed by atoms with van der Waals surface area (Å²) in [5, 5.41) is 2.75. The van der Waals surface area contributed by atoms with E-state index in [4.69, 9.17) is 9.47 Å². The summed E-state index contributed by atoms with van der Waals surface area (Å²) in [6.07, 6.45) is 22.5. The van der Waals surface area contributed by atoms with Crippen LogP contribution in [0.1, 0.15) is 96.8 Å². The Morgan fingerprint density at radius 1 is 0.788 bits per heavy atom. The van der Waals surface area contributed by atoms with E-state index in [0.717, 1.165) is 18.6 Å². The Morgan fingerprint density at radius 3 is 1.91 bits per heavy atom. The largest absolute Gasteiger partial charge is 0.445 e. The highest BCUT2D eigenvalue weighted by molar-refractivity contribution is 5.67. The first-order chi connectivity index (χ1) is 16.2. The van der Waals surface area contributed by atoms with Crippen molar-refractivity contribution in [1.82, 2.24) is 5.32 Å². The zero-order valence-corrected chi connectivity index (χ0v) is 21.2. The van der Waals surface area contributed by atoms with Gasteiger partial charge in [-0.15, -0.1) is 0 Å². The van der Waals surface area contributed by atoms with E-state index < -0.39 is 6.09 Å². The van der Waals surface area contributed by atoms with Crippen molar-refractivity contribution in [1.29, 1.82) is 0 Å². The van der Waals surface area contributed by atoms with Crippen molar-refractivity contribution >= 4 is 6.09 Å². The molecule has 0 unspecified atom stereocenters. The molecule has 0 bridgehead atoms. The number of carbonyl (C=O) groups is 1. The average molecular weight is 462 g/mol. The van der Waals surface area contributed by atoms with Crippen molar-refractivity contribution in [2.45, 2.75) is 103 Å². The van der Waals surface area contributed by atoms with Gasteiger partial charge < -0.3 is 14.8 Å². The number of amides is 1. The first kappa shape index (κ1) is 29.2. The van der Waals surface area contributed by atoms with Gasteiger partial charge in [0.1, 0.15) is 6.61 Å². The monoisotopic (exact) mass is 461 g/mol. The lowest BCUT2D eigenvalue weighted by Gasteiger charge is -2.09. The van der Waals surface area contributed by atoms with Gasteiger partial charge in [-0.25, -0.2) is 9.36 Å². The molecule has 0 saturated carbocycles. The van der Waals surface area contributed by atoms with Crippen LogP contribution in [-0.2, 0) is 16.0 Å². The maximum absolute atomic E-state index is 11.7. The molecule has 33 heavy (non-hydrogen) atoms. The minimum absolute atomic E-state index is 0.197. The van der Waals surface area contributed by atoms with E-state index in [-0.39, 0.29) is 6.61 Å². The highest BCUT2D eigenvalue weighted by atomic mass is 16.5. The van der Waals surface area contributed by atoms with E-state index in [0.29, 0.717) is 19.7 Å². The Hall–Kier alpha value is -1.88. The van der Waals surface area contributed by atoms with Gasteiger partial charge in [0.15, 0.2) is 18.9 Å². The molecule has 0 aliphatic carbocycles. The highest BCUT2D eigenvalue weighted by Gasteiger charge is 2.05. The van der Waals surface area contributed by atoms with E-state index >= 15 is 0 Å². The first-order valence-corrected chi connectivity index (χ1v) is 13.3. The standard InChI is InChI=1S/C28H48N2O3/c1-3-4-5-6-7-8-9-10-11-12-13-14-15-19-24-32-25-27(2)26-33-28(31)29-20-23-30-21-17-16-18-22-30/h16-18,21-22H,2-15,19-20,23-26H2,1H3/p+1. The minimum atomic E-state index is -0.417. The van der Waals surface area contributed by atoms with Crippen molar-refractivity contribution in [2.75, 3.05) is 26.4 Å². The molecule has 0 fully saturated rings. The molecule has 1 rings (SSSR count). The topological polar surface area (TPSA) is 51.4 Å². The Balaban J connectivity index is 1.79. The van der Waals surface area contributed by atoms with Gasteiger partial charge in [0.2, 0.25) is 0 Å². The molecule has 0 spiro atoms. The Labute approximate surface area is 203 Å². The van der Waals surface area contributed by atoms with E-state index in [2.05, 4.69) is 18.8 Å². The quantitative estimate of drug-likeness (QED) is 0.118. The smallest absolute Gasteiger partial charge is 0.407 e. The van der Waals surface area contributed by atoms with Gasteiger partial charge in [0.05, 0.1) is 13.2 Å². The molecule has 1 amide bonds. The number of alkyl carbamates (subject to hydrolysis) is 1. The predicted molar refractivity (Wildman–Crippen MR) is 136 cm³/mol. The van der Waals surface area contributed by atoms with Crippen molar-refractivity contribution < 1.29 is 18.8 Å². The van der Waals surface area contributed by atoms with E-state index in [1.807, 2.05) is 35.2 Å². The molecule has 0 radical (unpaired) electrons. The summed E-state index contributed by atoms with van der Waals surface area (Å²) < 4.78 is 12.8. The number of rotatable bonds is 22. The zero-order chi connectivity index (χ0) is 23.8. The number of pyridine rings is 1. The molecule has 0 saturated heterocycles. The van der Waals surface area contributed by atoms with E-state index in [1.165, 1.54) is 83.5 Å². The molecule has 1 heterocycles. The molecule has 0 aromatic carbocycles. The summed E-state index contributed by atoms with van der Waals surface area (Å²) in [4.78, 5) is 11.7. The van der Waals surface area contributed by atoms with Crippen LogP contribution in [-0.4, -0.2) is 32.5 Å². The summed E-state index contributed by atoms with van der Waals surface area (Å²) in [7, 11) is 0. The predicted octanol–water partition coefficient (Wildman–Crippen LogP) is 6.75. The molecule has 1 N–H and O–H groups in total. The summed E-state index contributed by atoms with van der Waals surface area (Å²) in [6, 6.07) is 5.88. The van der Waals surface area contributed by atoms with Gasteiger partial charge >= 0.3 is 6.09 Å². The third-order valence-electron chi connectivity index (χ3n) is 5.77. The van der Waals surface area contributed by atoms with Gasteiger partial charge in [-0.2, -0.15) is 0 Å². The fourth-order valence-electron chi connectivity index (χ4n) is 3.75. The maximum atomic E-state index is 11.7. The van der Waals surface area contributed by atoms with Gasteiger partial charge in [-0.1, -0.05) is 103 Å². The number of hydrogen-bond donors (Lipinski definition) is 1. The zero-order valence-electron chi connectivity index (χ0n) is 21.2. The number of aromatic nitrogens is 1. The van der Waals surface area contributed by atoms with Crippen molar-refractivity contribution in [3.05, 3.63) is 42.7 Å². The van der Waals surface area contributed by atoms with Crippen LogP contribution in [0.25, 0.3) is 0 Å². The Bertz CT molecular complexity index is 592. The number of ether oxygens (including phenoxy) is 2. The highest BCUT2D eigenvalue weighted by Crippen LogP contribution is 2.13. The average Bonchev–Trinajstić information content (AvgIpc) is 2.83. The molecule has 5 heteroatoms. The van der Waals surface area contributed by atoms with Gasteiger partial charge in [-0.05, 0) is 12.0 Å². The summed E-state index contributed by atoms with van der Waals surface area (Å²) >= 11 is 0. The Morgan fingerprint density at radius 2 is 1.33 bits per heavy atom. The lowest BCUT2D eigenvalue weighted by atomic mass is 10.0. The van der Waals surface area contributed by atoms with Crippen LogP contribution in [0.2, 0.25) is 0 Å². The third kappa shape index (κ3) is 19.3. The summed E-state index contributed by atoms with van der Waals surface area (Å²) in [5.74, 6) is 0. The van der Waals surface area contributed by atoms with Crippen LogP contribution in [0, 0.1) is 0 Å². The lowest BCUT2D eigenvalue weighted by molar-refractivity contribution is -0.694. The molecular weight excluding hydrogens is 412 g/mol. The Kier molecular flexibility index (Phi) is 19.4. The molecule has 0 atom stereocenters. The van der Waals surface area contributed by atoms with E-state index in [1.54, 1.807) is 0 Å². The second-order valence-electron chi connectivity index (χ2n) is 9.02. The summed E-state index contributed by atoms with van der Waals surface area (Å²) in [5.41, 5.74) is 0.785. The number of unbranched alkanes of at least 4 members (excludes halogenated alkanes) is 13. The SMILES string of the molecule is C=C(COCCCCCCCCCCCCCCCC)COC(=O)NCC[n+]1ccccc1. The number of nitrogens with one attached hydrogen (secondary N) is 1. The molecule has 188 valence electrons. The maximum Gasteiger partial charge on any atom is 0.407 e. The second-order valence-corrected chi connectivity index (χ2v) is 9.02. The molecule has 0 aliphatic rings.